The molecule has 4 heteroatoms. The summed E-state index contributed by atoms with van der Waals surface area (Å²) in [7, 11) is 4.03. The fraction of sp³-hybridized carbons (Fsp3) is 0.562. The monoisotopic (exact) mass is 275 g/mol. The molecular weight excluding hydrogens is 250 g/mol. The van der Waals surface area contributed by atoms with Gasteiger partial charge in [0.1, 0.15) is 6.04 Å². The van der Waals surface area contributed by atoms with Crippen molar-refractivity contribution in [3.05, 3.63) is 24.3 Å². The molecule has 1 fully saturated rings. The van der Waals surface area contributed by atoms with Gasteiger partial charge in [-0.1, -0.05) is 12.8 Å². The minimum Gasteiger partial charge on any atom is -0.378 e. The van der Waals surface area contributed by atoms with Gasteiger partial charge in [0.2, 0.25) is 5.91 Å². The van der Waals surface area contributed by atoms with Crippen LogP contribution in [0.1, 0.15) is 32.6 Å². The maximum Gasteiger partial charge on any atom is 0.242 e. The SMILES string of the molecule is CC(Nc1ccc(N(C)C)cc1)C(=O)NC1CCCC1. The van der Waals surface area contributed by atoms with E-state index in [2.05, 4.69) is 15.5 Å². The lowest BCUT2D eigenvalue weighted by Gasteiger charge is -2.19. The Morgan fingerprint density at radius 3 is 2.35 bits per heavy atom. The first-order valence-corrected chi connectivity index (χ1v) is 7.40. The van der Waals surface area contributed by atoms with Crippen molar-refractivity contribution < 1.29 is 4.79 Å². The second kappa shape index (κ2) is 6.64. The molecule has 110 valence electrons. The highest BCUT2D eigenvalue weighted by molar-refractivity contribution is 5.84. The summed E-state index contributed by atoms with van der Waals surface area (Å²) in [6.45, 7) is 1.91. The Balaban J connectivity index is 1.86. The second-order valence-electron chi connectivity index (χ2n) is 5.80. The molecule has 0 aromatic heterocycles. The van der Waals surface area contributed by atoms with E-state index in [0.29, 0.717) is 6.04 Å². The summed E-state index contributed by atoms with van der Waals surface area (Å²) in [6, 6.07) is 8.28. The first-order valence-electron chi connectivity index (χ1n) is 7.40. The van der Waals surface area contributed by atoms with Gasteiger partial charge in [-0.15, -0.1) is 0 Å². The number of hydrogen-bond acceptors (Lipinski definition) is 3. The Kier molecular flexibility index (Phi) is 4.88. The summed E-state index contributed by atoms with van der Waals surface area (Å²) in [4.78, 5) is 14.2. The van der Waals surface area contributed by atoms with E-state index >= 15 is 0 Å². The number of carbonyl (C=O) groups is 1. The third-order valence-electron chi connectivity index (χ3n) is 3.86. The highest BCUT2D eigenvalue weighted by atomic mass is 16.2. The highest BCUT2D eigenvalue weighted by Crippen LogP contribution is 2.19. The van der Waals surface area contributed by atoms with E-state index in [1.165, 1.54) is 12.8 Å². The maximum absolute atomic E-state index is 12.1. The van der Waals surface area contributed by atoms with Gasteiger partial charge in [-0.05, 0) is 44.0 Å². The van der Waals surface area contributed by atoms with E-state index in [4.69, 9.17) is 0 Å². The van der Waals surface area contributed by atoms with Crippen LogP contribution in [0.5, 0.6) is 0 Å². The lowest BCUT2D eigenvalue weighted by Crippen LogP contribution is -2.42. The lowest BCUT2D eigenvalue weighted by molar-refractivity contribution is -0.122. The van der Waals surface area contributed by atoms with Crippen LogP contribution in [0.2, 0.25) is 0 Å². The summed E-state index contributed by atoms with van der Waals surface area (Å²) in [6.07, 6.45) is 4.71. The Morgan fingerprint density at radius 1 is 1.20 bits per heavy atom. The zero-order valence-electron chi connectivity index (χ0n) is 12.6. The summed E-state index contributed by atoms with van der Waals surface area (Å²) in [5, 5.41) is 6.37. The van der Waals surface area contributed by atoms with Gasteiger partial charge < -0.3 is 15.5 Å². The molecule has 1 unspecified atom stereocenters. The standard InChI is InChI=1S/C16H25N3O/c1-12(16(20)18-13-6-4-5-7-13)17-14-8-10-15(11-9-14)19(2)3/h8-13,17H,4-7H2,1-3H3,(H,18,20). The lowest BCUT2D eigenvalue weighted by atomic mass is 10.2. The number of amides is 1. The largest absolute Gasteiger partial charge is 0.378 e. The van der Waals surface area contributed by atoms with Gasteiger partial charge in [-0.3, -0.25) is 4.79 Å². The van der Waals surface area contributed by atoms with E-state index in [1.807, 2.05) is 45.3 Å². The van der Waals surface area contributed by atoms with Gasteiger partial charge in [0, 0.05) is 31.5 Å². The van der Waals surface area contributed by atoms with Crippen molar-refractivity contribution in [2.24, 2.45) is 0 Å². The molecule has 0 saturated heterocycles. The van der Waals surface area contributed by atoms with Crippen molar-refractivity contribution in [2.75, 3.05) is 24.3 Å². The molecule has 4 nitrogen and oxygen atoms in total. The molecule has 1 aromatic carbocycles. The molecule has 0 radical (unpaired) electrons. The van der Waals surface area contributed by atoms with E-state index in [1.54, 1.807) is 0 Å². The number of nitrogens with one attached hydrogen (secondary N) is 2. The van der Waals surface area contributed by atoms with Gasteiger partial charge in [0.05, 0.1) is 0 Å². The summed E-state index contributed by atoms with van der Waals surface area (Å²) in [5.41, 5.74) is 2.13. The molecule has 2 N–H and O–H groups in total. The van der Waals surface area contributed by atoms with Crippen molar-refractivity contribution in [1.29, 1.82) is 0 Å². The van der Waals surface area contributed by atoms with Crippen molar-refractivity contribution in [1.82, 2.24) is 5.32 Å². The molecular formula is C16H25N3O. The maximum atomic E-state index is 12.1. The molecule has 1 amide bonds. The van der Waals surface area contributed by atoms with Crippen LogP contribution in [-0.4, -0.2) is 32.1 Å². The van der Waals surface area contributed by atoms with Crippen molar-refractivity contribution >= 4 is 17.3 Å². The zero-order valence-corrected chi connectivity index (χ0v) is 12.6. The first kappa shape index (κ1) is 14.7. The predicted octanol–water partition coefficient (Wildman–Crippen LogP) is 2.61. The van der Waals surface area contributed by atoms with Crippen LogP contribution < -0.4 is 15.5 Å². The van der Waals surface area contributed by atoms with Gasteiger partial charge in [0.15, 0.2) is 0 Å². The smallest absolute Gasteiger partial charge is 0.242 e. The normalized spacial score (nSPS) is 16.8. The zero-order chi connectivity index (χ0) is 14.5. The Labute approximate surface area is 121 Å². The van der Waals surface area contributed by atoms with Crippen molar-refractivity contribution in [3.63, 3.8) is 0 Å². The van der Waals surface area contributed by atoms with Crippen LogP contribution >= 0.6 is 0 Å². The number of hydrogen-bond donors (Lipinski definition) is 2. The van der Waals surface area contributed by atoms with Crippen LogP contribution in [0.3, 0.4) is 0 Å². The summed E-state index contributed by atoms with van der Waals surface area (Å²) >= 11 is 0. The molecule has 0 bridgehead atoms. The quantitative estimate of drug-likeness (QED) is 0.868. The molecule has 2 rings (SSSR count). The molecule has 0 heterocycles. The predicted molar refractivity (Wildman–Crippen MR) is 84.3 cm³/mol. The van der Waals surface area contributed by atoms with Crippen molar-refractivity contribution in [3.8, 4) is 0 Å². The Bertz CT molecular complexity index is 436. The number of carbonyl (C=O) groups excluding carboxylic acids is 1. The van der Waals surface area contributed by atoms with E-state index in [0.717, 1.165) is 24.2 Å². The second-order valence-corrected chi connectivity index (χ2v) is 5.80. The molecule has 0 spiro atoms. The molecule has 1 saturated carbocycles. The van der Waals surface area contributed by atoms with Gasteiger partial charge in [-0.25, -0.2) is 0 Å². The van der Waals surface area contributed by atoms with Crippen molar-refractivity contribution in [2.45, 2.75) is 44.7 Å². The average molecular weight is 275 g/mol. The van der Waals surface area contributed by atoms with Crippen LogP contribution in [0, 0.1) is 0 Å². The summed E-state index contributed by atoms with van der Waals surface area (Å²) in [5.74, 6) is 0.0913. The van der Waals surface area contributed by atoms with E-state index in [-0.39, 0.29) is 11.9 Å². The fourth-order valence-corrected chi connectivity index (χ4v) is 2.57. The molecule has 1 aliphatic carbocycles. The topological polar surface area (TPSA) is 44.4 Å². The Hall–Kier alpha value is -1.71. The number of benzene rings is 1. The van der Waals surface area contributed by atoms with Gasteiger partial charge in [-0.2, -0.15) is 0 Å². The van der Waals surface area contributed by atoms with E-state index < -0.39 is 0 Å². The average Bonchev–Trinajstić information content (AvgIpc) is 2.92. The first-order chi connectivity index (χ1) is 9.56. The number of rotatable bonds is 5. The van der Waals surface area contributed by atoms with Crippen LogP contribution in [0.25, 0.3) is 0 Å². The third kappa shape index (κ3) is 3.89. The molecule has 1 atom stereocenters. The highest BCUT2D eigenvalue weighted by Gasteiger charge is 2.20. The van der Waals surface area contributed by atoms with Crippen LogP contribution in [-0.2, 0) is 4.79 Å². The number of nitrogens with zero attached hydrogens (tertiary/aromatic N) is 1. The summed E-state index contributed by atoms with van der Waals surface area (Å²) < 4.78 is 0. The third-order valence-corrected chi connectivity index (χ3v) is 3.86. The molecule has 1 aliphatic rings. The fourth-order valence-electron chi connectivity index (χ4n) is 2.57. The molecule has 1 aromatic rings. The van der Waals surface area contributed by atoms with Gasteiger partial charge >= 0.3 is 0 Å². The van der Waals surface area contributed by atoms with E-state index in [9.17, 15) is 4.79 Å². The van der Waals surface area contributed by atoms with Gasteiger partial charge in [0.25, 0.3) is 0 Å². The minimum atomic E-state index is -0.208. The van der Waals surface area contributed by atoms with Crippen LogP contribution in [0.15, 0.2) is 24.3 Å². The molecule has 20 heavy (non-hydrogen) atoms. The number of anilines is 2. The minimum absolute atomic E-state index is 0.0913. The Morgan fingerprint density at radius 2 is 1.80 bits per heavy atom. The molecule has 0 aliphatic heterocycles. The van der Waals surface area contributed by atoms with Crippen LogP contribution in [0.4, 0.5) is 11.4 Å².